The first-order valence-electron chi connectivity index (χ1n) is 4.80. The molecule has 1 rings (SSSR count). The number of hydrogen-bond acceptors (Lipinski definition) is 4. The van der Waals surface area contributed by atoms with Gasteiger partial charge < -0.3 is 9.84 Å². The molecule has 0 fully saturated rings. The highest BCUT2D eigenvalue weighted by Gasteiger charge is 2.17. The summed E-state index contributed by atoms with van der Waals surface area (Å²) in [4.78, 5) is 12.1. The van der Waals surface area contributed by atoms with Crippen LogP contribution in [-0.2, 0) is 4.74 Å². The number of aromatic hydroxyl groups is 1. The SMILES string of the molecule is CC(C)(C)OC(=O)Nc1cc(S)ccc1O. The standard InChI is InChI=1S/C11H15NO3S/c1-11(2,3)15-10(14)12-8-6-7(16)4-5-9(8)13/h4-6,13,16H,1-3H3,(H,12,14). The van der Waals surface area contributed by atoms with Crippen molar-refractivity contribution in [3.63, 3.8) is 0 Å². The Bertz CT molecular complexity index is 399. The lowest BCUT2D eigenvalue weighted by Gasteiger charge is -2.19. The van der Waals surface area contributed by atoms with Gasteiger partial charge in [0.15, 0.2) is 0 Å². The average molecular weight is 241 g/mol. The molecule has 88 valence electrons. The molecule has 5 heteroatoms. The highest BCUT2D eigenvalue weighted by molar-refractivity contribution is 7.80. The zero-order valence-electron chi connectivity index (χ0n) is 9.44. The van der Waals surface area contributed by atoms with Gasteiger partial charge in [0.2, 0.25) is 0 Å². The van der Waals surface area contributed by atoms with Crippen molar-refractivity contribution in [2.45, 2.75) is 31.3 Å². The molecule has 0 unspecified atom stereocenters. The van der Waals surface area contributed by atoms with Gasteiger partial charge in [0.1, 0.15) is 11.4 Å². The van der Waals surface area contributed by atoms with Gasteiger partial charge in [-0.25, -0.2) is 4.79 Å². The topological polar surface area (TPSA) is 58.6 Å². The van der Waals surface area contributed by atoms with Crippen molar-refractivity contribution in [3.8, 4) is 5.75 Å². The van der Waals surface area contributed by atoms with Crippen LogP contribution in [0.3, 0.4) is 0 Å². The summed E-state index contributed by atoms with van der Waals surface area (Å²) in [6.07, 6.45) is -0.610. The number of rotatable bonds is 1. The average Bonchev–Trinajstić information content (AvgIpc) is 2.08. The van der Waals surface area contributed by atoms with E-state index < -0.39 is 11.7 Å². The molecular weight excluding hydrogens is 226 g/mol. The van der Waals surface area contributed by atoms with Gasteiger partial charge in [-0.05, 0) is 39.0 Å². The normalized spacial score (nSPS) is 11.0. The molecule has 0 heterocycles. The Morgan fingerprint density at radius 2 is 2.06 bits per heavy atom. The van der Waals surface area contributed by atoms with Gasteiger partial charge in [-0.2, -0.15) is 0 Å². The number of carbonyl (C=O) groups is 1. The summed E-state index contributed by atoms with van der Waals surface area (Å²) in [5.41, 5.74) is -0.292. The van der Waals surface area contributed by atoms with Crippen LogP contribution in [0.5, 0.6) is 5.75 Å². The summed E-state index contributed by atoms with van der Waals surface area (Å²) in [6.45, 7) is 5.30. The fourth-order valence-electron chi connectivity index (χ4n) is 1.04. The van der Waals surface area contributed by atoms with Crippen LogP contribution >= 0.6 is 12.6 Å². The molecule has 0 atom stereocenters. The summed E-state index contributed by atoms with van der Waals surface area (Å²) < 4.78 is 5.05. The largest absolute Gasteiger partial charge is 0.506 e. The minimum Gasteiger partial charge on any atom is -0.506 e. The molecule has 0 radical (unpaired) electrons. The number of carbonyl (C=O) groups excluding carboxylic acids is 1. The van der Waals surface area contributed by atoms with Crippen molar-refractivity contribution in [1.82, 2.24) is 0 Å². The van der Waals surface area contributed by atoms with Gasteiger partial charge in [-0.3, -0.25) is 5.32 Å². The maximum atomic E-state index is 11.4. The maximum absolute atomic E-state index is 11.4. The summed E-state index contributed by atoms with van der Waals surface area (Å²) in [5.74, 6) is -0.0244. The number of thiol groups is 1. The summed E-state index contributed by atoms with van der Waals surface area (Å²) in [5, 5.41) is 11.9. The van der Waals surface area contributed by atoms with Crippen LogP contribution in [0.25, 0.3) is 0 Å². The minimum absolute atomic E-state index is 0.0244. The predicted octanol–water partition coefficient (Wildman–Crippen LogP) is 3.03. The quantitative estimate of drug-likeness (QED) is 0.523. The second-order valence-electron chi connectivity index (χ2n) is 4.33. The Balaban J connectivity index is 2.73. The van der Waals surface area contributed by atoms with E-state index in [9.17, 15) is 9.90 Å². The van der Waals surface area contributed by atoms with E-state index in [4.69, 9.17) is 4.74 Å². The first-order valence-corrected chi connectivity index (χ1v) is 5.24. The molecule has 0 aliphatic heterocycles. The first-order chi connectivity index (χ1) is 7.28. The number of nitrogens with one attached hydrogen (secondary N) is 1. The Morgan fingerprint density at radius 3 is 2.62 bits per heavy atom. The molecule has 1 aromatic rings. The molecule has 4 nitrogen and oxygen atoms in total. The number of benzene rings is 1. The highest BCUT2D eigenvalue weighted by atomic mass is 32.1. The van der Waals surface area contributed by atoms with E-state index in [0.717, 1.165) is 0 Å². The summed E-state index contributed by atoms with van der Waals surface area (Å²) in [6, 6.07) is 4.62. The van der Waals surface area contributed by atoms with Crippen LogP contribution in [0.15, 0.2) is 23.1 Å². The fraction of sp³-hybridized carbons (Fsp3) is 0.364. The van der Waals surface area contributed by atoms with Crippen molar-refractivity contribution in [2.75, 3.05) is 5.32 Å². The molecule has 1 aromatic carbocycles. The molecule has 0 aromatic heterocycles. The van der Waals surface area contributed by atoms with Crippen LogP contribution < -0.4 is 5.32 Å². The second kappa shape index (κ2) is 4.65. The number of hydrogen-bond donors (Lipinski definition) is 3. The van der Waals surface area contributed by atoms with E-state index in [2.05, 4.69) is 17.9 Å². The van der Waals surface area contributed by atoms with Crippen molar-refractivity contribution < 1.29 is 14.6 Å². The molecule has 0 spiro atoms. The van der Waals surface area contributed by atoms with Gasteiger partial charge in [-0.1, -0.05) is 0 Å². The van der Waals surface area contributed by atoms with E-state index in [1.54, 1.807) is 32.9 Å². The zero-order valence-corrected chi connectivity index (χ0v) is 10.3. The van der Waals surface area contributed by atoms with Gasteiger partial charge in [0.05, 0.1) is 5.69 Å². The Kier molecular flexibility index (Phi) is 3.70. The monoisotopic (exact) mass is 241 g/mol. The van der Waals surface area contributed by atoms with Crippen LogP contribution in [0, 0.1) is 0 Å². The van der Waals surface area contributed by atoms with Crippen molar-refractivity contribution in [2.24, 2.45) is 0 Å². The molecule has 0 saturated carbocycles. The highest BCUT2D eigenvalue weighted by Crippen LogP contribution is 2.26. The van der Waals surface area contributed by atoms with Crippen molar-refractivity contribution >= 4 is 24.4 Å². The smallest absolute Gasteiger partial charge is 0.412 e. The van der Waals surface area contributed by atoms with E-state index >= 15 is 0 Å². The van der Waals surface area contributed by atoms with E-state index in [1.807, 2.05) is 0 Å². The molecule has 1 amide bonds. The second-order valence-corrected chi connectivity index (χ2v) is 4.84. The van der Waals surface area contributed by atoms with Crippen molar-refractivity contribution in [1.29, 1.82) is 0 Å². The number of phenolic OH excluding ortho intramolecular Hbond substituents is 1. The fourth-order valence-corrected chi connectivity index (χ4v) is 1.24. The van der Waals surface area contributed by atoms with Gasteiger partial charge in [-0.15, -0.1) is 12.6 Å². The first kappa shape index (κ1) is 12.7. The lowest BCUT2D eigenvalue weighted by atomic mass is 10.2. The van der Waals surface area contributed by atoms with Crippen LogP contribution in [0.1, 0.15) is 20.8 Å². The Hall–Kier alpha value is -1.36. The van der Waals surface area contributed by atoms with E-state index in [1.165, 1.54) is 6.07 Å². The lowest BCUT2D eigenvalue weighted by Crippen LogP contribution is -2.27. The van der Waals surface area contributed by atoms with Gasteiger partial charge in [0.25, 0.3) is 0 Å². The third kappa shape index (κ3) is 4.02. The molecule has 0 saturated heterocycles. The van der Waals surface area contributed by atoms with Crippen LogP contribution in [0.2, 0.25) is 0 Å². The third-order valence-electron chi connectivity index (χ3n) is 1.62. The van der Waals surface area contributed by atoms with Crippen molar-refractivity contribution in [3.05, 3.63) is 18.2 Å². The number of amides is 1. The Morgan fingerprint density at radius 1 is 1.44 bits per heavy atom. The summed E-state index contributed by atoms with van der Waals surface area (Å²) >= 11 is 4.11. The van der Waals surface area contributed by atoms with Gasteiger partial charge in [0, 0.05) is 4.90 Å². The molecule has 0 aliphatic rings. The van der Waals surface area contributed by atoms with Gasteiger partial charge >= 0.3 is 6.09 Å². The number of ether oxygens (including phenoxy) is 1. The van der Waals surface area contributed by atoms with Crippen LogP contribution in [0.4, 0.5) is 10.5 Å². The lowest BCUT2D eigenvalue weighted by molar-refractivity contribution is 0.0635. The molecule has 0 bridgehead atoms. The summed E-state index contributed by atoms with van der Waals surface area (Å²) in [7, 11) is 0. The molecular formula is C11H15NO3S. The molecule has 16 heavy (non-hydrogen) atoms. The maximum Gasteiger partial charge on any atom is 0.412 e. The van der Waals surface area contributed by atoms with E-state index in [-0.39, 0.29) is 11.4 Å². The molecule has 2 N–H and O–H groups in total. The number of phenols is 1. The predicted molar refractivity (Wildman–Crippen MR) is 65.2 cm³/mol. The zero-order chi connectivity index (χ0) is 12.3. The van der Waals surface area contributed by atoms with Crippen LogP contribution in [-0.4, -0.2) is 16.8 Å². The Labute approximate surface area is 100 Å². The molecule has 0 aliphatic carbocycles. The third-order valence-corrected chi connectivity index (χ3v) is 1.89. The van der Waals surface area contributed by atoms with E-state index in [0.29, 0.717) is 4.90 Å². The minimum atomic E-state index is -0.610. The number of anilines is 1.